The van der Waals surface area contributed by atoms with Crippen molar-refractivity contribution in [2.75, 3.05) is 39.4 Å². The van der Waals surface area contributed by atoms with Gasteiger partial charge in [0.1, 0.15) is 6.61 Å². The normalized spacial score (nSPS) is 10.3. The van der Waals surface area contributed by atoms with Crippen molar-refractivity contribution >= 4 is 17.5 Å². The van der Waals surface area contributed by atoms with Gasteiger partial charge in [0.05, 0.1) is 13.2 Å². The number of halogens is 1. The fraction of sp³-hybridized carbons (Fsp3) is 0.900. The minimum atomic E-state index is -0.0722. The molecule has 0 aromatic heterocycles. The van der Waals surface area contributed by atoms with E-state index in [0.29, 0.717) is 25.6 Å². The van der Waals surface area contributed by atoms with E-state index in [0.717, 1.165) is 19.3 Å². The predicted octanol–water partition coefficient (Wildman–Crippen LogP) is 1.17. The fourth-order valence-electron chi connectivity index (χ4n) is 0.982. The minimum Gasteiger partial charge on any atom is -0.382 e. The summed E-state index contributed by atoms with van der Waals surface area (Å²) in [6, 6.07) is 0. The summed E-state index contributed by atoms with van der Waals surface area (Å²) in [6.45, 7) is 1.78. The Balaban J connectivity index is 3.11. The molecule has 0 rings (SSSR count). The number of carbonyl (C=O) groups excluding carboxylic acids is 1. The van der Waals surface area contributed by atoms with Crippen molar-refractivity contribution in [2.24, 2.45) is 0 Å². The summed E-state index contributed by atoms with van der Waals surface area (Å²) in [7, 11) is 1.60. The molecule has 0 atom stereocenters. The van der Waals surface area contributed by atoms with E-state index in [1.54, 1.807) is 7.11 Å². The second kappa shape index (κ2) is 11.8. The van der Waals surface area contributed by atoms with E-state index in [-0.39, 0.29) is 12.5 Å². The highest BCUT2D eigenvalue weighted by molar-refractivity contribution is 6.17. The van der Waals surface area contributed by atoms with E-state index in [4.69, 9.17) is 21.1 Å². The number of hydrogen-bond acceptors (Lipinski definition) is 3. The fourth-order valence-corrected chi connectivity index (χ4v) is 1.17. The Morgan fingerprint density at radius 1 is 1.27 bits per heavy atom. The molecule has 4 nitrogen and oxygen atoms in total. The first-order valence-corrected chi connectivity index (χ1v) is 5.74. The average Bonchev–Trinajstić information content (AvgIpc) is 2.24. The first kappa shape index (κ1) is 14.7. The topological polar surface area (TPSA) is 47.6 Å². The van der Waals surface area contributed by atoms with E-state index in [9.17, 15) is 4.79 Å². The molecule has 0 heterocycles. The van der Waals surface area contributed by atoms with Gasteiger partial charge in [-0.2, -0.15) is 0 Å². The number of nitrogens with one attached hydrogen (secondary N) is 1. The zero-order valence-corrected chi connectivity index (χ0v) is 10.0. The van der Waals surface area contributed by atoms with Gasteiger partial charge in [-0.3, -0.25) is 4.79 Å². The lowest BCUT2D eigenvalue weighted by Crippen LogP contribution is -2.29. The van der Waals surface area contributed by atoms with Crippen molar-refractivity contribution in [3.05, 3.63) is 0 Å². The Kier molecular flexibility index (Phi) is 11.5. The number of ether oxygens (including phenoxy) is 2. The number of unbranched alkanes of at least 4 members (excludes halogenated alkanes) is 2. The van der Waals surface area contributed by atoms with Gasteiger partial charge < -0.3 is 14.8 Å². The third-order valence-electron chi connectivity index (χ3n) is 1.80. The van der Waals surface area contributed by atoms with Gasteiger partial charge in [0.15, 0.2) is 0 Å². The van der Waals surface area contributed by atoms with Crippen LogP contribution in [0.25, 0.3) is 0 Å². The average molecular weight is 238 g/mol. The van der Waals surface area contributed by atoms with Crippen LogP contribution >= 0.6 is 11.6 Å². The number of carbonyl (C=O) groups is 1. The maximum absolute atomic E-state index is 11.1. The van der Waals surface area contributed by atoms with Crippen LogP contribution in [0.15, 0.2) is 0 Å². The molecule has 0 radical (unpaired) electrons. The van der Waals surface area contributed by atoms with E-state index < -0.39 is 0 Å². The second-order valence-electron chi connectivity index (χ2n) is 3.14. The lowest BCUT2D eigenvalue weighted by atomic mass is 10.2. The summed E-state index contributed by atoms with van der Waals surface area (Å²) in [6.07, 6.45) is 3.02. The molecule has 90 valence electrons. The van der Waals surface area contributed by atoms with E-state index >= 15 is 0 Å². The van der Waals surface area contributed by atoms with Crippen molar-refractivity contribution in [3.8, 4) is 0 Å². The molecule has 0 saturated carbocycles. The highest BCUT2D eigenvalue weighted by Crippen LogP contribution is 1.95. The zero-order chi connectivity index (χ0) is 11.4. The first-order chi connectivity index (χ1) is 7.31. The Bertz CT molecular complexity index is 156. The standard InChI is InChI=1S/C10H20ClNO3/c1-14-7-8-15-9-10(13)12-6-4-2-3-5-11/h2-9H2,1H3,(H,12,13). The molecule has 0 aliphatic heterocycles. The molecule has 0 unspecified atom stereocenters. The molecule has 0 aliphatic rings. The number of hydrogen-bond donors (Lipinski definition) is 1. The van der Waals surface area contributed by atoms with Crippen LogP contribution in [0.5, 0.6) is 0 Å². The van der Waals surface area contributed by atoms with Crippen LogP contribution in [0.2, 0.25) is 0 Å². The smallest absolute Gasteiger partial charge is 0.245 e. The molecule has 0 aromatic carbocycles. The Morgan fingerprint density at radius 2 is 2.07 bits per heavy atom. The summed E-state index contributed by atoms with van der Waals surface area (Å²) in [4.78, 5) is 11.1. The molecule has 5 heteroatoms. The third-order valence-corrected chi connectivity index (χ3v) is 2.06. The largest absolute Gasteiger partial charge is 0.382 e. The van der Waals surface area contributed by atoms with Crippen LogP contribution in [-0.4, -0.2) is 45.3 Å². The van der Waals surface area contributed by atoms with Crippen LogP contribution < -0.4 is 5.32 Å². The second-order valence-corrected chi connectivity index (χ2v) is 3.52. The number of alkyl halides is 1. The van der Waals surface area contributed by atoms with Crippen molar-refractivity contribution < 1.29 is 14.3 Å². The molecule has 1 N–H and O–H groups in total. The van der Waals surface area contributed by atoms with Gasteiger partial charge in [-0.1, -0.05) is 6.42 Å². The van der Waals surface area contributed by atoms with E-state index in [1.807, 2.05) is 0 Å². The molecule has 0 aliphatic carbocycles. The van der Waals surface area contributed by atoms with Gasteiger partial charge in [-0.25, -0.2) is 0 Å². The van der Waals surface area contributed by atoms with Crippen LogP contribution in [0.4, 0.5) is 0 Å². The van der Waals surface area contributed by atoms with Gasteiger partial charge in [-0.05, 0) is 12.8 Å². The quantitative estimate of drug-likeness (QED) is 0.459. The molecule has 1 amide bonds. The van der Waals surface area contributed by atoms with Gasteiger partial charge in [-0.15, -0.1) is 11.6 Å². The van der Waals surface area contributed by atoms with Gasteiger partial charge >= 0.3 is 0 Å². The van der Waals surface area contributed by atoms with Crippen molar-refractivity contribution in [1.82, 2.24) is 5.32 Å². The number of rotatable bonds is 10. The maximum Gasteiger partial charge on any atom is 0.245 e. The summed E-state index contributed by atoms with van der Waals surface area (Å²) in [5.74, 6) is 0.616. The van der Waals surface area contributed by atoms with Crippen LogP contribution in [0, 0.1) is 0 Å². The molecular formula is C10H20ClNO3. The van der Waals surface area contributed by atoms with Gasteiger partial charge in [0.2, 0.25) is 5.91 Å². The van der Waals surface area contributed by atoms with Crippen LogP contribution in [-0.2, 0) is 14.3 Å². The number of methoxy groups -OCH3 is 1. The molecule has 15 heavy (non-hydrogen) atoms. The van der Waals surface area contributed by atoms with E-state index in [2.05, 4.69) is 5.32 Å². The summed E-state index contributed by atoms with van der Waals surface area (Å²) < 4.78 is 9.84. The Hall–Kier alpha value is -0.320. The minimum absolute atomic E-state index is 0.0722. The summed E-state index contributed by atoms with van der Waals surface area (Å²) >= 11 is 5.52. The molecule has 0 fully saturated rings. The summed E-state index contributed by atoms with van der Waals surface area (Å²) in [5, 5.41) is 2.77. The van der Waals surface area contributed by atoms with Gasteiger partial charge in [0.25, 0.3) is 0 Å². The maximum atomic E-state index is 11.1. The third kappa shape index (κ3) is 11.6. The molecule has 0 bridgehead atoms. The van der Waals surface area contributed by atoms with Gasteiger partial charge in [0, 0.05) is 19.5 Å². The highest BCUT2D eigenvalue weighted by Gasteiger charge is 1.99. The molecular weight excluding hydrogens is 218 g/mol. The molecule has 0 saturated heterocycles. The van der Waals surface area contributed by atoms with E-state index in [1.165, 1.54) is 0 Å². The zero-order valence-electron chi connectivity index (χ0n) is 9.26. The van der Waals surface area contributed by atoms with Crippen LogP contribution in [0.3, 0.4) is 0 Å². The highest BCUT2D eigenvalue weighted by atomic mass is 35.5. The lowest BCUT2D eigenvalue weighted by molar-refractivity contribution is -0.126. The summed E-state index contributed by atoms with van der Waals surface area (Å²) in [5.41, 5.74) is 0. The predicted molar refractivity (Wildman–Crippen MR) is 60.3 cm³/mol. The first-order valence-electron chi connectivity index (χ1n) is 5.20. The Labute approximate surface area is 96.3 Å². The SMILES string of the molecule is COCCOCC(=O)NCCCCCCl. The van der Waals surface area contributed by atoms with Crippen LogP contribution in [0.1, 0.15) is 19.3 Å². The van der Waals surface area contributed by atoms with Crippen molar-refractivity contribution in [2.45, 2.75) is 19.3 Å². The molecule has 0 spiro atoms. The molecule has 0 aromatic rings. The number of amides is 1. The lowest BCUT2D eigenvalue weighted by Gasteiger charge is -2.05. The monoisotopic (exact) mass is 237 g/mol. The van der Waals surface area contributed by atoms with Crippen molar-refractivity contribution in [3.63, 3.8) is 0 Å². The van der Waals surface area contributed by atoms with Crippen molar-refractivity contribution in [1.29, 1.82) is 0 Å². The Morgan fingerprint density at radius 3 is 2.73 bits per heavy atom.